The molecule has 0 unspecified atom stereocenters. The van der Waals surface area contributed by atoms with Gasteiger partial charge < -0.3 is 24.4 Å². The molecule has 0 bridgehead atoms. The van der Waals surface area contributed by atoms with E-state index in [-0.39, 0.29) is 17.9 Å². The van der Waals surface area contributed by atoms with E-state index in [4.69, 9.17) is 4.74 Å². The number of likely N-dealkylation sites (N-methyl/N-ethyl adjacent to an activating group) is 1. The topological polar surface area (TPSA) is 68.9 Å². The highest BCUT2D eigenvalue weighted by atomic mass is 16.5. The number of piperazine rings is 1. The monoisotopic (exact) mass is 508 g/mol. The Balaban J connectivity index is 1.42. The van der Waals surface area contributed by atoms with Crippen molar-refractivity contribution in [3.8, 4) is 17.0 Å². The first kappa shape index (κ1) is 24.2. The molecule has 1 atom stereocenters. The summed E-state index contributed by atoms with van der Waals surface area (Å²) in [7, 11) is 3.74. The van der Waals surface area contributed by atoms with E-state index in [2.05, 4.69) is 35.1 Å². The summed E-state index contributed by atoms with van der Waals surface area (Å²) >= 11 is 0. The highest BCUT2D eigenvalue weighted by Gasteiger charge is 2.40. The number of methoxy groups -OCH3 is 1. The zero-order chi connectivity index (χ0) is 26.2. The molecule has 1 saturated heterocycles. The number of fused-ring (bicyclic) bond motifs is 2. The first-order valence-electron chi connectivity index (χ1n) is 13.2. The fourth-order valence-electron chi connectivity index (χ4n) is 5.80. The molecule has 194 valence electrons. The summed E-state index contributed by atoms with van der Waals surface area (Å²) in [5.74, 6) is 0.843. The van der Waals surface area contributed by atoms with Crippen molar-refractivity contribution >= 4 is 22.7 Å². The van der Waals surface area contributed by atoms with Crippen LogP contribution in [0.2, 0.25) is 0 Å². The Labute approximate surface area is 222 Å². The Morgan fingerprint density at radius 3 is 2.55 bits per heavy atom. The van der Waals surface area contributed by atoms with Crippen LogP contribution in [-0.2, 0) is 4.79 Å². The normalized spacial score (nSPS) is 17.7. The number of carbonyl (C=O) groups excluding carboxylic acids is 2. The van der Waals surface area contributed by atoms with Crippen molar-refractivity contribution < 1.29 is 14.3 Å². The number of H-pyrrole nitrogens is 1. The van der Waals surface area contributed by atoms with Crippen molar-refractivity contribution in [2.45, 2.75) is 12.5 Å². The van der Waals surface area contributed by atoms with Crippen molar-refractivity contribution in [2.24, 2.45) is 0 Å². The summed E-state index contributed by atoms with van der Waals surface area (Å²) in [6, 6.07) is 23.7. The summed E-state index contributed by atoms with van der Waals surface area (Å²) in [6.45, 7) is 3.58. The van der Waals surface area contributed by atoms with Gasteiger partial charge in [-0.1, -0.05) is 48.5 Å². The number of aromatic amines is 1. The quantitative estimate of drug-likeness (QED) is 0.415. The Kier molecular flexibility index (Phi) is 6.37. The summed E-state index contributed by atoms with van der Waals surface area (Å²) in [5.41, 5.74) is 5.66. The van der Waals surface area contributed by atoms with Gasteiger partial charge in [0, 0.05) is 66.7 Å². The van der Waals surface area contributed by atoms with E-state index in [0.717, 1.165) is 65.2 Å². The van der Waals surface area contributed by atoms with Gasteiger partial charge in [0.15, 0.2) is 0 Å². The third kappa shape index (κ3) is 4.23. The number of aromatic nitrogens is 1. The number of amides is 2. The molecule has 0 aliphatic carbocycles. The van der Waals surface area contributed by atoms with Gasteiger partial charge in [0.2, 0.25) is 5.91 Å². The van der Waals surface area contributed by atoms with Crippen LogP contribution in [0.25, 0.3) is 22.2 Å². The van der Waals surface area contributed by atoms with Crippen molar-refractivity contribution in [1.29, 1.82) is 0 Å². The Morgan fingerprint density at radius 1 is 0.974 bits per heavy atom. The van der Waals surface area contributed by atoms with Gasteiger partial charge >= 0.3 is 0 Å². The van der Waals surface area contributed by atoms with E-state index in [9.17, 15) is 9.59 Å². The number of ether oxygens (including phenoxy) is 1. The molecule has 4 aromatic rings. The van der Waals surface area contributed by atoms with Crippen LogP contribution in [0.15, 0.2) is 72.8 Å². The van der Waals surface area contributed by atoms with E-state index in [0.29, 0.717) is 18.5 Å². The number of hydrogen-bond acceptors (Lipinski definition) is 4. The van der Waals surface area contributed by atoms with E-state index < -0.39 is 0 Å². The van der Waals surface area contributed by atoms with Gasteiger partial charge in [0.05, 0.1) is 18.8 Å². The molecule has 7 nitrogen and oxygen atoms in total. The van der Waals surface area contributed by atoms with Gasteiger partial charge in [-0.25, -0.2) is 0 Å². The SMILES string of the molecule is COc1cccc(-c2[nH]c3ccccc3c2[C@H]2c3ccccc3C(=O)N2CCC(=O)N2CCN(C)CC2)c1. The van der Waals surface area contributed by atoms with Gasteiger partial charge in [0.1, 0.15) is 5.75 Å². The molecule has 1 fully saturated rings. The zero-order valence-electron chi connectivity index (χ0n) is 21.8. The van der Waals surface area contributed by atoms with E-state index in [1.165, 1.54) is 0 Å². The van der Waals surface area contributed by atoms with Crippen LogP contribution in [-0.4, -0.2) is 78.4 Å². The maximum absolute atomic E-state index is 13.8. The predicted molar refractivity (Wildman–Crippen MR) is 148 cm³/mol. The average molecular weight is 509 g/mol. The van der Waals surface area contributed by atoms with E-state index in [1.54, 1.807) is 7.11 Å². The standard InChI is InChI=1S/C31H32N4O3/c1-33-16-18-34(19-17-33)27(36)14-15-35-30(23-10-3-4-11-24(23)31(35)37)28-25-12-5-6-13-26(25)32-29(28)21-8-7-9-22(20-21)38-2/h3-13,20,30,32H,14-19H2,1-2H3/t30-/m1/s1. The van der Waals surface area contributed by atoms with E-state index >= 15 is 0 Å². The van der Waals surface area contributed by atoms with E-state index in [1.807, 2.05) is 64.4 Å². The molecule has 1 N–H and O–H groups in total. The van der Waals surface area contributed by atoms with Crippen molar-refractivity contribution in [3.63, 3.8) is 0 Å². The highest BCUT2D eigenvalue weighted by molar-refractivity contribution is 6.02. The molecule has 2 aliphatic heterocycles. The molecule has 2 aliphatic rings. The molecule has 0 saturated carbocycles. The predicted octanol–water partition coefficient (Wildman–Crippen LogP) is 4.55. The van der Waals surface area contributed by atoms with Crippen molar-refractivity contribution in [3.05, 3.63) is 89.5 Å². The van der Waals surface area contributed by atoms with Gasteiger partial charge in [0.25, 0.3) is 5.91 Å². The second-order valence-electron chi connectivity index (χ2n) is 10.1. The van der Waals surface area contributed by atoms with Crippen LogP contribution in [0, 0.1) is 0 Å². The molecule has 3 aromatic carbocycles. The third-order valence-corrected chi connectivity index (χ3v) is 7.86. The first-order chi connectivity index (χ1) is 18.5. The number of nitrogens with one attached hydrogen (secondary N) is 1. The third-order valence-electron chi connectivity index (χ3n) is 7.86. The number of benzene rings is 3. The largest absolute Gasteiger partial charge is 0.497 e. The molecule has 0 spiro atoms. The van der Waals surface area contributed by atoms with Crippen LogP contribution < -0.4 is 4.74 Å². The molecular formula is C31H32N4O3. The maximum atomic E-state index is 13.8. The second-order valence-corrected chi connectivity index (χ2v) is 10.1. The lowest BCUT2D eigenvalue weighted by Gasteiger charge is -2.33. The number of para-hydroxylation sites is 1. The minimum Gasteiger partial charge on any atom is -0.497 e. The summed E-state index contributed by atoms with van der Waals surface area (Å²) < 4.78 is 5.52. The highest BCUT2D eigenvalue weighted by Crippen LogP contribution is 2.45. The fraction of sp³-hybridized carbons (Fsp3) is 0.290. The zero-order valence-corrected chi connectivity index (χ0v) is 21.8. The lowest BCUT2D eigenvalue weighted by Crippen LogP contribution is -2.47. The van der Waals surface area contributed by atoms with Gasteiger partial charge in [-0.15, -0.1) is 0 Å². The fourth-order valence-corrected chi connectivity index (χ4v) is 5.80. The number of rotatable bonds is 6. The minimum absolute atomic E-state index is 0.0290. The molecule has 3 heterocycles. The van der Waals surface area contributed by atoms with Crippen LogP contribution in [0.1, 0.15) is 33.9 Å². The lowest BCUT2D eigenvalue weighted by atomic mass is 9.93. The lowest BCUT2D eigenvalue weighted by molar-refractivity contribution is -0.133. The van der Waals surface area contributed by atoms with Gasteiger partial charge in [-0.05, 0) is 36.9 Å². The minimum atomic E-state index is -0.309. The molecule has 6 rings (SSSR count). The summed E-state index contributed by atoms with van der Waals surface area (Å²) in [6.07, 6.45) is 0.302. The number of carbonyl (C=O) groups is 2. The van der Waals surface area contributed by atoms with Gasteiger partial charge in [-0.3, -0.25) is 9.59 Å². The molecule has 2 amide bonds. The molecule has 1 aromatic heterocycles. The second kappa shape index (κ2) is 9.99. The smallest absolute Gasteiger partial charge is 0.255 e. The number of hydrogen-bond donors (Lipinski definition) is 1. The molecule has 0 radical (unpaired) electrons. The molecule has 7 heteroatoms. The summed E-state index contributed by atoms with van der Waals surface area (Å²) in [4.78, 5) is 36.6. The summed E-state index contributed by atoms with van der Waals surface area (Å²) in [5, 5.41) is 1.07. The Bertz CT molecular complexity index is 1500. The Morgan fingerprint density at radius 2 is 1.74 bits per heavy atom. The van der Waals surface area contributed by atoms with Crippen molar-refractivity contribution in [1.82, 2.24) is 19.7 Å². The molecular weight excluding hydrogens is 476 g/mol. The van der Waals surface area contributed by atoms with Crippen LogP contribution in [0.4, 0.5) is 0 Å². The van der Waals surface area contributed by atoms with Crippen LogP contribution >= 0.6 is 0 Å². The number of nitrogens with zero attached hydrogens (tertiary/aromatic N) is 3. The average Bonchev–Trinajstić information content (AvgIpc) is 3.47. The maximum Gasteiger partial charge on any atom is 0.255 e. The van der Waals surface area contributed by atoms with Crippen LogP contribution in [0.5, 0.6) is 5.75 Å². The Hall–Kier alpha value is -4.10. The van der Waals surface area contributed by atoms with Crippen molar-refractivity contribution in [2.75, 3.05) is 46.9 Å². The van der Waals surface area contributed by atoms with Crippen LogP contribution in [0.3, 0.4) is 0 Å². The first-order valence-corrected chi connectivity index (χ1v) is 13.2. The van der Waals surface area contributed by atoms with Gasteiger partial charge in [-0.2, -0.15) is 0 Å². The molecule has 38 heavy (non-hydrogen) atoms.